The minimum Gasteiger partial charge on any atom is -0.480 e. The van der Waals surface area contributed by atoms with E-state index in [0.717, 1.165) is 7.05 Å². The molecule has 1 heterocycles. The molecular weight excluding hydrogens is 422 g/mol. The van der Waals surface area contributed by atoms with Crippen LogP contribution in [0.25, 0.3) is 0 Å². The molecule has 0 aliphatic rings. The number of hydrogen-bond acceptors (Lipinski definition) is 4. The Morgan fingerprint density at radius 3 is 2.29 bits per heavy atom. The van der Waals surface area contributed by atoms with E-state index in [0.29, 0.717) is 15.3 Å². The molecule has 0 saturated carbocycles. The van der Waals surface area contributed by atoms with Gasteiger partial charge >= 0.3 is 12.1 Å². The summed E-state index contributed by atoms with van der Waals surface area (Å²) in [5.74, 6) is -3.44. The molecule has 1 aromatic heterocycles. The summed E-state index contributed by atoms with van der Waals surface area (Å²) in [6, 6.07) is 7.52. The second-order valence-electron chi connectivity index (χ2n) is 5.91. The van der Waals surface area contributed by atoms with E-state index in [1.54, 1.807) is 12.1 Å². The monoisotopic (exact) mass is 433 g/mol. The van der Waals surface area contributed by atoms with Crippen molar-refractivity contribution in [2.75, 3.05) is 0 Å². The van der Waals surface area contributed by atoms with E-state index in [4.69, 9.17) is 23.2 Å². The van der Waals surface area contributed by atoms with Crippen LogP contribution < -0.4 is 0 Å². The zero-order valence-corrected chi connectivity index (χ0v) is 15.7. The van der Waals surface area contributed by atoms with E-state index < -0.39 is 46.2 Å². The zero-order chi connectivity index (χ0) is 21.3. The first kappa shape index (κ1) is 21.7. The Bertz CT molecular complexity index is 965. The molecule has 0 spiro atoms. The number of ketones is 1. The van der Waals surface area contributed by atoms with Crippen molar-refractivity contribution in [3.8, 4) is 6.07 Å². The molecule has 148 valence electrons. The van der Waals surface area contributed by atoms with Crippen LogP contribution in [0, 0.1) is 16.7 Å². The van der Waals surface area contributed by atoms with Crippen molar-refractivity contribution in [3.63, 3.8) is 0 Å². The fraction of sp³-hybridized carbons (Fsp3) is 0.294. The Balaban J connectivity index is 2.52. The maximum atomic E-state index is 13.3. The standard InChI is InChI=1S/C17H12Cl2F3N3O3/c1-25-14(19)11(12(24-25)17(20,21)22)13(26)16(8-23,15(27)28)7-6-9-2-4-10(18)5-3-9/h2-5H,6-7H2,1H3,(H,27,28). The summed E-state index contributed by atoms with van der Waals surface area (Å²) < 4.78 is 40.4. The number of nitriles is 1. The Hall–Kier alpha value is -2.57. The summed E-state index contributed by atoms with van der Waals surface area (Å²) in [5, 5.41) is 21.9. The molecule has 6 nitrogen and oxygen atoms in total. The molecule has 0 amide bonds. The number of carboxylic acids is 1. The molecule has 0 saturated heterocycles. The number of aryl methyl sites for hydroxylation is 2. The molecule has 0 fully saturated rings. The van der Waals surface area contributed by atoms with Crippen LogP contribution in [-0.4, -0.2) is 26.6 Å². The molecule has 1 N–H and O–H groups in total. The number of carboxylic acid groups (broad SMARTS) is 1. The van der Waals surface area contributed by atoms with Crippen molar-refractivity contribution in [1.29, 1.82) is 5.26 Å². The number of aromatic nitrogens is 2. The van der Waals surface area contributed by atoms with Gasteiger partial charge in [-0.1, -0.05) is 35.3 Å². The lowest BCUT2D eigenvalue weighted by atomic mass is 9.77. The quantitative estimate of drug-likeness (QED) is 0.544. The number of halogens is 5. The van der Waals surface area contributed by atoms with Crippen LogP contribution in [0.2, 0.25) is 10.2 Å². The SMILES string of the molecule is Cn1nc(C(F)(F)F)c(C(=O)C(C#N)(CCc2ccc(Cl)cc2)C(=O)O)c1Cl. The van der Waals surface area contributed by atoms with Gasteiger partial charge in [-0.3, -0.25) is 9.48 Å². The van der Waals surface area contributed by atoms with E-state index in [1.165, 1.54) is 18.2 Å². The zero-order valence-electron chi connectivity index (χ0n) is 14.2. The first-order chi connectivity index (χ1) is 12.9. The molecule has 28 heavy (non-hydrogen) atoms. The van der Waals surface area contributed by atoms with Crippen molar-refractivity contribution >= 4 is 35.0 Å². The van der Waals surface area contributed by atoms with E-state index in [2.05, 4.69) is 5.10 Å². The third kappa shape index (κ3) is 3.98. The lowest BCUT2D eigenvalue weighted by molar-refractivity contribution is -0.145. The molecule has 2 rings (SSSR count). The third-order valence-corrected chi connectivity index (χ3v) is 4.80. The fourth-order valence-electron chi connectivity index (χ4n) is 2.57. The van der Waals surface area contributed by atoms with E-state index >= 15 is 0 Å². The summed E-state index contributed by atoms with van der Waals surface area (Å²) in [6.07, 6.45) is -5.70. The predicted molar refractivity (Wildman–Crippen MR) is 93.0 cm³/mol. The molecule has 1 aromatic carbocycles. The number of nitrogens with zero attached hydrogens (tertiary/aromatic N) is 3. The van der Waals surface area contributed by atoms with Crippen molar-refractivity contribution < 1.29 is 27.9 Å². The maximum absolute atomic E-state index is 13.3. The molecule has 0 aliphatic carbocycles. The highest BCUT2D eigenvalue weighted by Gasteiger charge is 2.52. The lowest BCUT2D eigenvalue weighted by Crippen LogP contribution is -2.39. The van der Waals surface area contributed by atoms with Gasteiger partial charge in [0.15, 0.2) is 11.5 Å². The first-order valence-corrected chi connectivity index (χ1v) is 8.43. The number of alkyl halides is 3. The van der Waals surface area contributed by atoms with E-state index in [1.807, 2.05) is 0 Å². The number of benzene rings is 1. The van der Waals surface area contributed by atoms with Gasteiger partial charge in [0.25, 0.3) is 0 Å². The first-order valence-electron chi connectivity index (χ1n) is 7.67. The molecule has 1 unspecified atom stereocenters. The molecule has 1 atom stereocenters. The highest BCUT2D eigenvalue weighted by atomic mass is 35.5. The van der Waals surface area contributed by atoms with Crippen molar-refractivity contribution in [1.82, 2.24) is 9.78 Å². The Morgan fingerprint density at radius 2 is 1.82 bits per heavy atom. The average molecular weight is 434 g/mol. The molecular formula is C17H12Cl2F3N3O3. The van der Waals surface area contributed by atoms with Crippen molar-refractivity contribution in [2.45, 2.75) is 19.0 Å². The second kappa shape index (κ2) is 7.81. The summed E-state index contributed by atoms with van der Waals surface area (Å²) in [7, 11) is 1.07. The third-order valence-electron chi connectivity index (χ3n) is 4.12. The van der Waals surface area contributed by atoms with Gasteiger partial charge in [-0.15, -0.1) is 0 Å². The summed E-state index contributed by atoms with van der Waals surface area (Å²) in [5.41, 5.74) is -5.01. The van der Waals surface area contributed by atoms with Crippen LogP contribution in [0.5, 0.6) is 0 Å². The summed E-state index contributed by atoms with van der Waals surface area (Å²) in [6.45, 7) is 0. The molecule has 0 radical (unpaired) electrons. The molecule has 0 aliphatic heterocycles. The van der Waals surface area contributed by atoms with Crippen LogP contribution in [0.15, 0.2) is 24.3 Å². The van der Waals surface area contributed by atoms with Crippen LogP contribution in [-0.2, 0) is 24.4 Å². The number of Topliss-reactive ketones (excluding diaryl/α,β-unsaturated/α-hetero) is 1. The van der Waals surface area contributed by atoms with Crippen LogP contribution in [0.1, 0.15) is 28.0 Å². The minimum absolute atomic E-state index is 0.0675. The average Bonchev–Trinajstić information content (AvgIpc) is 2.92. The summed E-state index contributed by atoms with van der Waals surface area (Å²) >= 11 is 11.5. The van der Waals surface area contributed by atoms with E-state index in [-0.39, 0.29) is 6.42 Å². The van der Waals surface area contributed by atoms with Gasteiger partial charge in [-0.25, -0.2) is 4.79 Å². The lowest BCUT2D eigenvalue weighted by Gasteiger charge is -2.21. The largest absolute Gasteiger partial charge is 0.480 e. The van der Waals surface area contributed by atoms with Gasteiger partial charge in [-0.2, -0.15) is 23.5 Å². The molecule has 0 bridgehead atoms. The second-order valence-corrected chi connectivity index (χ2v) is 6.71. The number of hydrogen-bond donors (Lipinski definition) is 1. The smallest absolute Gasteiger partial charge is 0.435 e. The number of rotatable bonds is 6. The predicted octanol–water partition coefficient (Wildman–Crippen LogP) is 4.16. The number of aliphatic carboxylic acids is 1. The van der Waals surface area contributed by atoms with Crippen LogP contribution >= 0.6 is 23.2 Å². The Kier molecular flexibility index (Phi) is 6.06. The van der Waals surface area contributed by atoms with Gasteiger partial charge in [0.2, 0.25) is 5.41 Å². The van der Waals surface area contributed by atoms with Gasteiger partial charge < -0.3 is 5.11 Å². The summed E-state index contributed by atoms with van der Waals surface area (Å²) in [4.78, 5) is 24.7. The topological polar surface area (TPSA) is 96.0 Å². The minimum atomic E-state index is -5.06. The van der Waals surface area contributed by atoms with Crippen LogP contribution in [0.3, 0.4) is 0 Å². The number of carbonyl (C=O) groups is 2. The van der Waals surface area contributed by atoms with Gasteiger partial charge in [0.05, 0.1) is 11.6 Å². The number of carbonyl (C=O) groups excluding carboxylic acids is 1. The van der Waals surface area contributed by atoms with E-state index in [9.17, 15) is 33.1 Å². The molecule has 11 heteroatoms. The Labute approximate surface area is 167 Å². The molecule has 2 aromatic rings. The van der Waals surface area contributed by atoms with Gasteiger partial charge in [0.1, 0.15) is 5.15 Å². The highest BCUT2D eigenvalue weighted by Crippen LogP contribution is 2.39. The Morgan fingerprint density at radius 1 is 1.25 bits per heavy atom. The normalized spacial score (nSPS) is 13.6. The maximum Gasteiger partial charge on any atom is 0.435 e. The van der Waals surface area contributed by atoms with Crippen LogP contribution in [0.4, 0.5) is 13.2 Å². The highest BCUT2D eigenvalue weighted by molar-refractivity contribution is 6.34. The van der Waals surface area contributed by atoms with Gasteiger partial charge in [-0.05, 0) is 30.5 Å². The fourth-order valence-corrected chi connectivity index (χ4v) is 2.91. The van der Waals surface area contributed by atoms with Crippen molar-refractivity contribution in [3.05, 3.63) is 51.3 Å². The van der Waals surface area contributed by atoms with Gasteiger partial charge in [0, 0.05) is 12.1 Å². The van der Waals surface area contributed by atoms with Crippen molar-refractivity contribution in [2.24, 2.45) is 12.5 Å².